The van der Waals surface area contributed by atoms with Gasteiger partial charge >= 0.3 is 0 Å². The molecule has 0 amide bonds. The number of hydrogen-bond acceptors (Lipinski definition) is 3. The summed E-state index contributed by atoms with van der Waals surface area (Å²) in [5.41, 5.74) is 1.19. The first-order chi connectivity index (χ1) is 10.8. The molecule has 1 aromatic rings. The topological polar surface area (TPSA) is 45.6 Å². The van der Waals surface area contributed by atoms with Crippen molar-refractivity contribution in [3.63, 3.8) is 0 Å². The molecule has 0 radical (unpaired) electrons. The number of rotatable bonds is 10. The number of benzene rings is 1. The molecule has 0 aliphatic heterocycles. The number of halogens is 1. The normalized spacial score (nSPS) is 10.8. The van der Waals surface area contributed by atoms with Gasteiger partial charge < -0.3 is 15.4 Å². The zero-order valence-electron chi connectivity index (χ0n) is 14.4. The van der Waals surface area contributed by atoms with E-state index < -0.39 is 0 Å². The van der Waals surface area contributed by atoms with Crippen molar-refractivity contribution in [3.05, 3.63) is 29.8 Å². The lowest BCUT2D eigenvalue weighted by Crippen LogP contribution is -2.37. The molecule has 132 valence electrons. The Morgan fingerprint density at radius 1 is 1.26 bits per heavy atom. The number of unbranched alkanes of at least 4 members (excludes halogenated alkanes) is 1. The van der Waals surface area contributed by atoms with E-state index >= 15 is 0 Å². The minimum absolute atomic E-state index is 0. The van der Waals surface area contributed by atoms with Crippen LogP contribution in [-0.4, -0.2) is 38.2 Å². The standard InChI is InChI=1S/C17H29N3OS.HI/c1-4-11-21-16-9-7-8-15(13-16)14-20-17(18-2)19-10-5-6-12-22-3;/h7-9,13H,4-6,10-12,14H2,1-3H3,(H2,18,19,20);1H. The van der Waals surface area contributed by atoms with Gasteiger partial charge in [0.15, 0.2) is 5.96 Å². The Morgan fingerprint density at radius 2 is 2.09 bits per heavy atom. The van der Waals surface area contributed by atoms with E-state index in [9.17, 15) is 0 Å². The maximum Gasteiger partial charge on any atom is 0.191 e. The Labute approximate surface area is 162 Å². The molecule has 0 heterocycles. The first kappa shape index (κ1) is 22.4. The maximum atomic E-state index is 5.66. The Bertz CT molecular complexity index is 444. The highest BCUT2D eigenvalue weighted by Gasteiger charge is 2.00. The Morgan fingerprint density at radius 3 is 2.78 bits per heavy atom. The molecule has 0 bridgehead atoms. The molecule has 0 atom stereocenters. The number of nitrogens with zero attached hydrogens (tertiary/aromatic N) is 1. The number of thioether (sulfide) groups is 1. The monoisotopic (exact) mass is 451 g/mol. The summed E-state index contributed by atoms with van der Waals surface area (Å²) in [4.78, 5) is 4.25. The predicted octanol–water partition coefficient (Wildman–Crippen LogP) is 3.90. The van der Waals surface area contributed by atoms with E-state index in [0.717, 1.165) is 37.8 Å². The summed E-state index contributed by atoms with van der Waals surface area (Å²) >= 11 is 1.90. The second-order valence-electron chi connectivity index (χ2n) is 5.05. The van der Waals surface area contributed by atoms with Crippen LogP contribution in [0.1, 0.15) is 31.7 Å². The smallest absolute Gasteiger partial charge is 0.191 e. The van der Waals surface area contributed by atoms with E-state index in [1.54, 1.807) is 7.05 Å². The van der Waals surface area contributed by atoms with Crippen LogP contribution in [0.15, 0.2) is 29.3 Å². The van der Waals surface area contributed by atoms with Crippen LogP contribution in [-0.2, 0) is 6.54 Å². The van der Waals surface area contributed by atoms with Crippen LogP contribution in [0.3, 0.4) is 0 Å². The summed E-state index contributed by atoms with van der Waals surface area (Å²) in [5.74, 6) is 3.00. The van der Waals surface area contributed by atoms with Crippen molar-refractivity contribution in [3.8, 4) is 5.75 Å². The van der Waals surface area contributed by atoms with Crippen LogP contribution in [0.4, 0.5) is 0 Å². The maximum absolute atomic E-state index is 5.66. The van der Waals surface area contributed by atoms with Gasteiger partial charge in [0.25, 0.3) is 0 Å². The fourth-order valence-corrected chi connectivity index (χ4v) is 2.44. The average molecular weight is 451 g/mol. The van der Waals surface area contributed by atoms with Gasteiger partial charge in [0.2, 0.25) is 0 Å². The zero-order chi connectivity index (χ0) is 16.0. The molecule has 0 aromatic heterocycles. The Hall–Kier alpha value is -0.630. The van der Waals surface area contributed by atoms with Crippen molar-refractivity contribution in [2.45, 2.75) is 32.7 Å². The van der Waals surface area contributed by atoms with Crippen molar-refractivity contribution < 1.29 is 4.74 Å². The SMILES string of the molecule is CCCOc1cccc(CNC(=NC)NCCCCSC)c1.I. The molecule has 0 saturated carbocycles. The first-order valence-electron chi connectivity index (χ1n) is 7.95. The van der Waals surface area contributed by atoms with Gasteiger partial charge in [-0.05, 0) is 49.0 Å². The molecule has 1 aromatic carbocycles. The van der Waals surface area contributed by atoms with Crippen LogP contribution in [0.2, 0.25) is 0 Å². The molecule has 0 unspecified atom stereocenters. The minimum Gasteiger partial charge on any atom is -0.494 e. The van der Waals surface area contributed by atoms with E-state index in [-0.39, 0.29) is 24.0 Å². The number of hydrogen-bond donors (Lipinski definition) is 2. The first-order valence-corrected chi connectivity index (χ1v) is 9.34. The Kier molecular flexibility index (Phi) is 14.5. The molecule has 23 heavy (non-hydrogen) atoms. The van der Waals surface area contributed by atoms with Gasteiger partial charge in [0.1, 0.15) is 5.75 Å². The highest BCUT2D eigenvalue weighted by atomic mass is 127. The van der Waals surface area contributed by atoms with Gasteiger partial charge in [0, 0.05) is 20.1 Å². The zero-order valence-corrected chi connectivity index (χ0v) is 17.6. The van der Waals surface area contributed by atoms with Gasteiger partial charge in [-0.1, -0.05) is 19.1 Å². The van der Waals surface area contributed by atoms with Crippen molar-refractivity contribution in [2.75, 3.05) is 32.2 Å². The highest BCUT2D eigenvalue weighted by molar-refractivity contribution is 14.0. The molecule has 1 rings (SSSR count). The number of ether oxygens (including phenoxy) is 1. The number of guanidine groups is 1. The summed E-state index contributed by atoms with van der Waals surface area (Å²) < 4.78 is 5.66. The second-order valence-corrected chi connectivity index (χ2v) is 6.03. The molecule has 2 N–H and O–H groups in total. The molecule has 0 saturated heterocycles. The molecule has 0 spiro atoms. The summed E-state index contributed by atoms with van der Waals surface area (Å²) in [6, 6.07) is 8.20. The van der Waals surface area contributed by atoms with Crippen LogP contribution < -0.4 is 15.4 Å². The summed E-state index contributed by atoms with van der Waals surface area (Å²) in [7, 11) is 1.80. The third-order valence-corrected chi connectivity index (χ3v) is 3.82. The molecule has 0 aliphatic rings. The number of nitrogens with one attached hydrogen (secondary N) is 2. The highest BCUT2D eigenvalue weighted by Crippen LogP contribution is 2.13. The van der Waals surface area contributed by atoms with Gasteiger partial charge in [-0.15, -0.1) is 24.0 Å². The molecule has 4 nitrogen and oxygen atoms in total. The quantitative estimate of drug-likeness (QED) is 0.245. The van der Waals surface area contributed by atoms with Gasteiger partial charge in [-0.25, -0.2) is 0 Å². The Balaban J connectivity index is 0.00000484. The van der Waals surface area contributed by atoms with Crippen LogP contribution in [0.5, 0.6) is 5.75 Å². The molecular formula is C17H30IN3OS. The predicted molar refractivity (Wildman–Crippen MR) is 113 cm³/mol. The van der Waals surface area contributed by atoms with Gasteiger partial charge in [-0.3, -0.25) is 4.99 Å². The van der Waals surface area contributed by atoms with E-state index in [1.165, 1.54) is 24.2 Å². The molecule has 0 fully saturated rings. The number of aliphatic imine (C=N–C) groups is 1. The second kappa shape index (κ2) is 14.9. The van der Waals surface area contributed by atoms with E-state index in [4.69, 9.17) is 4.74 Å². The summed E-state index contributed by atoms with van der Waals surface area (Å²) in [6.45, 7) is 4.57. The van der Waals surface area contributed by atoms with Crippen molar-refractivity contribution in [1.29, 1.82) is 0 Å². The lowest BCUT2D eigenvalue weighted by molar-refractivity contribution is 0.317. The lowest BCUT2D eigenvalue weighted by atomic mass is 10.2. The van der Waals surface area contributed by atoms with Crippen molar-refractivity contribution >= 4 is 41.7 Å². The summed E-state index contributed by atoms with van der Waals surface area (Å²) in [6.07, 6.45) is 5.58. The average Bonchev–Trinajstić information content (AvgIpc) is 2.56. The summed E-state index contributed by atoms with van der Waals surface area (Å²) in [5, 5.41) is 6.68. The molecule has 6 heteroatoms. The lowest BCUT2D eigenvalue weighted by Gasteiger charge is -2.12. The fraction of sp³-hybridized carbons (Fsp3) is 0.588. The van der Waals surface area contributed by atoms with Crippen molar-refractivity contribution in [2.24, 2.45) is 4.99 Å². The van der Waals surface area contributed by atoms with Crippen molar-refractivity contribution in [1.82, 2.24) is 10.6 Å². The minimum atomic E-state index is 0. The fourth-order valence-electron chi connectivity index (χ4n) is 1.95. The van der Waals surface area contributed by atoms with Crippen LogP contribution in [0, 0.1) is 0 Å². The van der Waals surface area contributed by atoms with Crippen LogP contribution >= 0.6 is 35.7 Å². The van der Waals surface area contributed by atoms with Gasteiger partial charge in [0.05, 0.1) is 6.61 Å². The molecular weight excluding hydrogens is 421 g/mol. The van der Waals surface area contributed by atoms with E-state index in [1.807, 2.05) is 23.9 Å². The third kappa shape index (κ3) is 10.7. The molecule has 0 aliphatic carbocycles. The largest absolute Gasteiger partial charge is 0.494 e. The van der Waals surface area contributed by atoms with Gasteiger partial charge in [-0.2, -0.15) is 11.8 Å². The van der Waals surface area contributed by atoms with Crippen LogP contribution in [0.25, 0.3) is 0 Å². The van der Waals surface area contributed by atoms with E-state index in [0.29, 0.717) is 0 Å². The third-order valence-electron chi connectivity index (χ3n) is 3.12. The van der Waals surface area contributed by atoms with E-state index in [2.05, 4.69) is 40.9 Å².